The maximum absolute atomic E-state index is 12.6. The van der Waals surface area contributed by atoms with Gasteiger partial charge in [0.15, 0.2) is 6.10 Å². The Balaban J connectivity index is 4.28. The molecular weight excluding hydrogens is 743 g/mol. The second-order valence-corrected chi connectivity index (χ2v) is 16.5. The molecule has 11 heteroatoms. The highest BCUT2D eigenvalue weighted by Crippen LogP contribution is 2.43. The van der Waals surface area contributed by atoms with Gasteiger partial charge < -0.3 is 24.6 Å². The Kier molecular flexibility index (Phi) is 40.5. The van der Waals surface area contributed by atoms with E-state index in [2.05, 4.69) is 62.5 Å². The third-order valence-corrected chi connectivity index (χ3v) is 10.4. The SMILES string of the molecule is CCCCC/C=C/C/C=C/CCCCCCCCCCCC(=O)OC[C@H](COP(=O)(O)OC[C@@H](O)CO)OC(=O)CCCCCCC/C=C/C/C=C/CCCCC. The van der Waals surface area contributed by atoms with Crippen molar-refractivity contribution >= 4 is 19.8 Å². The van der Waals surface area contributed by atoms with Gasteiger partial charge in [-0.2, -0.15) is 0 Å². The molecule has 0 spiro atoms. The van der Waals surface area contributed by atoms with Crippen molar-refractivity contribution in [2.75, 3.05) is 26.4 Å². The third-order valence-electron chi connectivity index (χ3n) is 9.46. The number of unbranched alkanes of at least 4 members (excludes halogenated alkanes) is 20. The maximum Gasteiger partial charge on any atom is 0.472 e. The van der Waals surface area contributed by atoms with Crippen molar-refractivity contribution in [3.8, 4) is 0 Å². The number of carbonyl (C=O) groups excluding carboxylic acids is 2. The molecule has 0 saturated heterocycles. The summed E-state index contributed by atoms with van der Waals surface area (Å²) >= 11 is 0. The van der Waals surface area contributed by atoms with Crippen molar-refractivity contribution < 1.29 is 47.8 Å². The highest BCUT2D eigenvalue weighted by Gasteiger charge is 2.27. The number of ether oxygens (including phenoxy) is 2. The van der Waals surface area contributed by atoms with Gasteiger partial charge in [0, 0.05) is 12.8 Å². The number of phosphoric acid groups is 1. The lowest BCUT2D eigenvalue weighted by Crippen LogP contribution is -2.29. The number of rotatable bonds is 42. The van der Waals surface area contributed by atoms with E-state index in [1.807, 2.05) is 0 Å². The van der Waals surface area contributed by atoms with E-state index in [1.54, 1.807) is 0 Å². The molecule has 0 heterocycles. The zero-order chi connectivity index (χ0) is 41.9. The fourth-order valence-electron chi connectivity index (χ4n) is 5.94. The van der Waals surface area contributed by atoms with Crippen LogP contribution in [0.3, 0.4) is 0 Å². The minimum absolute atomic E-state index is 0.166. The lowest BCUT2D eigenvalue weighted by molar-refractivity contribution is -0.161. The molecule has 0 aliphatic carbocycles. The smallest absolute Gasteiger partial charge is 0.462 e. The van der Waals surface area contributed by atoms with Crippen LogP contribution in [0.4, 0.5) is 0 Å². The van der Waals surface area contributed by atoms with Crippen LogP contribution in [0.5, 0.6) is 0 Å². The number of allylic oxidation sites excluding steroid dienone is 8. The van der Waals surface area contributed by atoms with E-state index in [4.69, 9.17) is 23.6 Å². The van der Waals surface area contributed by atoms with E-state index >= 15 is 0 Å². The summed E-state index contributed by atoms with van der Waals surface area (Å²) in [5.41, 5.74) is 0. The molecule has 0 radical (unpaired) electrons. The van der Waals surface area contributed by atoms with E-state index in [-0.39, 0.29) is 19.4 Å². The lowest BCUT2D eigenvalue weighted by Gasteiger charge is -2.20. The van der Waals surface area contributed by atoms with Gasteiger partial charge in [-0.05, 0) is 77.0 Å². The van der Waals surface area contributed by atoms with Crippen molar-refractivity contribution in [1.82, 2.24) is 0 Å². The molecule has 10 nitrogen and oxygen atoms in total. The quantitative estimate of drug-likeness (QED) is 0.0235. The van der Waals surface area contributed by atoms with Crippen LogP contribution in [0.1, 0.15) is 194 Å². The molecule has 332 valence electrons. The second kappa shape index (κ2) is 42.1. The van der Waals surface area contributed by atoms with Crippen LogP contribution in [0.15, 0.2) is 48.6 Å². The van der Waals surface area contributed by atoms with Crippen molar-refractivity contribution in [3.05, 3.63) is 48.6 Å². The Morgan fingerprint density at radius 3 is 1.35 bits per heavy atom. The first kappa shape index (κ1) is 54.9. The zero-order valence-electron chi connectivity index (χ0n) is 36.0. The summed E-state index contributed by atoms with van der Waals surface area (Å²) in [4.78, 5) is 35.0. The molecular formula is C46H83O10P. The minimum Gasteiger partial charge on any atom is -0.462 e. The van der Waals surface area contributed by atoms with Crippen molar-refractivity contribution in [3.63, 3.8) is 0 Å². The van der Waals surface area contributed by atoms with Crippen molar-refractivity contribution in [2.45, 2.75) is 206 Å². The molecule has 0 fully saturated rings. The van der Waals surface area contributed by atoms with E-state index in [1.165, 1.54) is 77.0 Å². The Labute approximate surface area is 347 Å². The van der Waals surface area contributed by atoms with Gasteiger partial charge in [0.1, 0.15) is 12.7 Å². The Morgan fingerprint density at radius 2 is 0.912 bits per heavy atom. The number of phosphoric ester groups is 1. The molecule has 0 aromatic carbocycles. The Hall–Kier alpha value is -2.07. The minimum atomic E-state index is -4.62. The fraction of sp³-hybridized carbons (Fsp3) is 0.783. The van der Waals surface area contributed by atoms with E-state index in [0.717, 1.165) is 77.0 Å². The van der Waals surface area contributed by atoms with Crippen LogP contribution < -0.4 is 0 Å². The van der Waals surface area contributed by atoms with Crippen molar-refractivity contribution in [2.24, 2.45) is 0 Å². The van der Waals surface area contributed by atoms with Gasteiger partial charge in [0.25, 0.3) is 0 Å². The van der Waals surface area contributed by atoms with Gasteiger partial charge in [0.2, 0.25) is 0 Å². The van der Waals surface area contributed by atoms with E-state index < -0.39 is 51.8 Å². The first-order chi connectivity index (χ1) is 27.7. The first-order valence-electron chi connectivity index (χ1n) is 22.6. The topological polar surface area (TPSA) is 149 Å². The molecule has 0 aliphatic heterocycles. The summed E-state index contributed by atoms with van der Waals surface area (Å²) in [6.45, 7) is 2.31. The third kappa shape index (κ3) is 41.9. The monoisotopic (exact) mass is 827 g/mol. The number of hydrogen-bond donors (Lipinski definition) is 3. The number of aliphatic hydroxyl groups excluding tert-OH is 2. The van der Waals surface area contributed by atoms with Gasteiger partial charge in [-0.15, -0.1) is 0 Å². The van der Waals surface area contributed by atoms with Gasteiger partial charge in [-0.1, -0.05) is 152 Å². The molecule has 0 aromatic rings. The van der Waals surface area contributed by atoms with Crippen LogP contribution in [0, 0.1) is 0 Å². The number of aliphatic hydroxyl groups is 2. The zero-order valence-corrected chi connectivity index (χ0v) is 36.9. The highest BCUT2D eigenvalue weighted by molar-refractivity contribution is 7.47. The van der Waals surface area contributed by atoms with Crippen LogP contribution in [-0.4, -0.2) is 65.7 Å². The average Bonchev–Trinajstić information content (AvgIpc) is 3.20. The molecule has 3 N–H and O–H groups in total. The molecule has 3 atom stereocenters. The summed E-state index contributed by atoms with van der Waals surface area (Å²) in [5.74, 6) is -0.945. The second-order valence-electron chi connectivity index (χ2n) is 15.1. The standard InChI is InChI=1S/C46H83O10P/c1-3-5-7-9-11-13-15-17-19-20-21-22-24-25-27-29-31-33-35-37-45(49)53-41-44(42-55-57(51,52)54-40-43(48)39-47)56-46(50)38-36-34-32-30-28-26-23-18-16-14-12-10-8-6-4-2/h11-14,17-19,23,43-44,47-48H,3-10,15-16,20-22,24-42H2,1-2H3,(H,51,52)/b13-11+,14-12+,19-17+,23-18+/t43-,44+/m0/s1. The Bertz CT molecular complexity index is 1090. The van der Waals surface area contributed by atoms with Gasteiger partial charge >= 0.3 is 19.8 Å². The predicted molar refractivity (Wildman–Crippen MR) is 233 cm³/mol. The van der Waals surface area contributed by atoms with Crippen LogP contribution >= 0.6 is 7.82 Å². The maximum atomic E-state index is 12.6. The van der Waals surface area contributed by atoms with Crippen LogP contribution in [0.2, 0.25) is 0 Å². The summed E-state index contributed by atoms with van der Waals surface area (Å²) in [5, 5.41) is 18.3. The molecule has 0 rings (SSSR count). The van der Waals surface area contributed by atoms with Gasteiger partial charge in [-0.3, -0.25) is 18.6 Å². The molecule has 0 saturated carbocycles. The summed E-state index contributed by atoms with van der Waals surface area (Å²) < 4.78 is 32.7. The summed E-state index contributed by atoms with van der Waals surface area (Å²) in [7, 11) is -4.62. The van der Waals surface area contributed by atoms with Crippen LogP contribution in [-0.2, 0) is 32.7 Å². The summed E-state index contributed by atoms with van der Waals surface area (Å²) in [6, 6.07) is 0. The number of carbonyl (C=O) groups is 2. The van der Waals surface area contributed by atoms with Crippen LogP contribution in [0.25, 0.3) is 0 Å². The first-order valence-corrected chi connectivity index (χ1v) is 24.1. The van der Waals surface area contributed by atoms with Gasteiger partial charge in [-0.25, -0.2) is 4.57 Å². The summed E-state index contributed by atoms with van der Waals surface area (Å²) in [6.07, 6.45) is 45.0. The largest absolute Gasteiger partial charge is 0.472 e. The molecule has 0 amide bonds. The number of esters is 2. The van der Waals surface area contributed by atoms with Crippen molar-refractivity contribution in [1.29, 1.82) is 0 Å². The highest BCUT2D eigenvalue weighted by atomic mass is 31.2. The lowest BCUT2D eigenvalue weighted by atomic mass is 10.1. The average molecular weight is 827 g/mol. The number of hydrogen-bond acceptors (Lipinski definition) is 9. The van der Waals surface area contributed by atoms with E-state index in [0.29, 0.717) is 12.8 Å². The predicted octanol–water partition coefficient (Wildman–Crippen LogP) is 12.1. The Morgan fingerprint density at radius 1 is 0.526 bits per heavy atom. The normalized spacial score (nSPS) is 14.3. The fourth-order valence-corrected chi connectivity index (χ4v) is 6.72. The molecule has 0 aliphatic rings. The molecule has 0 bridgehead atoms. The molecule has 0 aromatic heterocycles. The molecule has 1 unspecified atom stereocenters. The molecule has 57 heavy (non-hydrogen) atoms. The van der Waals surface area contributed by atoms with E-state index in [9.17, 15) is 24.2 Å². The van der Waals surface area contributed by atoms with Gasteiger partial charge in [0.05, 0.1) is 19.8 Å².